The first kappa shape index (κ1) is 44.3. The second-order valence-electron chi connectivity index (χ2n) is 21.2. The highest BCUT2D eigenvalue weighted by Crippen LogP contribution is 2.70. The van der Waals surface area contributed by atoms with E-state index in [2.05, 4.69) is 38.7 Å². The number of hydrogen-bond donors (Lipinski definition) is 8. The summed E-state index contributed by atoms with van der Waals surface area (Å²) < 4.78 is 36.7. The SMILES string of the molecule is CC1C2CC[C@H](C)CN2C2CC3C4CC=C5C[C@@H](O[C@H]6O[C@@H](CO)[C@H](O[C@H]7O[C@H](C)[C@@H](O)[C@H](O)[C@@H]7O)[C@@H](O)[C@@H]6O[C@@H]6O[C@@H](C)[C@H](O)[C@@H](O)[C@H]6O)CC[C@]5(C)C4CC[C@]3(C)C12. The van der Waals surface area contributed by atoms with Crippen molar-refractivity contribution in [3.63, 3.8) is 0 Å². The number of fused-ring (bicyclic) bond motifs is 9. The third-order valence-electron chi connectivity index (χ3n) is 18.0. The maximum atomic E-state index is 12.0. The topological polar surface area (TPSA) is 220 Å². The Kier molecular flexibility index (Phi) is 12.2. The molecule has 0 amide bonds. The van der Waals surface area contributed by atoms with Gasteiger partial charge in [-0.2, -0.15) is 0 Å². The van der Waals surface area contributed by atoms with Gasteiger partial charge in [0.25, 0.3) is 0 Å². The average molecular weight is 852 g/mol. The molecule has 0 bridgehead atoms. The van der Waals surface area contributed by atoms with Gasteiger partial charge >= 0.3 is 0 Å². The maximum Gasteiger partial charge on any atom is 0.187 e. The van der Waals surface area contributed by atoms with Gasteiger partial charge in [-0.05, 0) is 118 Å². The normalized spacial score (nSPS) is 58.1. The van der Waals surface area contributed by atoms with Gasteiger partial charge in [0.2, 0.25) is 0 Å². The Balaban J connectivity index is 0.927. The van der Waals surface area contributed by atoms with Crippen molar-refractivity contribution in [1.29, 1.82) is 0 Å². The molecule has 0 aromatic rings. The number of piperidine rings is 1. The molecule has 0 aromatic heterocycles. The molecule has 0 aromatic carbocycles. The summed E-state index contributed by atoms with van der Waals surface area (Å²) in [5.41, 5.74) is 1.80. The Morgan fingerprint density at radius 2 is 1.33 bits per heavy atom. The molecule has 15 heteroatoms. The zero-order valence-electron chi connectivity index (χ0n) is 36.2. The molecule has 15 nitrogen and oxygen atoms in total. The fraction of sp³-hybridized carbons (Fsp3) is 0.956. The summed E-state index contributed by atoms with van der Waals surface area (Å²) in [5.74, 6) is 4.26. The maximum absolute atomic E-state index is 12.0. The van der Waals surface area contributed by atoms with Gasteiger partial charge in [-0.3, -0.25) is 4.90 Å². The monoisotopic (exact) mass is 852 g/mol. The summed E-state index contributed by atoms with van der Waals surface area (Å²) in [6.07, 6.45) is -9.14. The minimum atomic E-state index is -1.70. The predicted molar refractivity (Wildman–Crippen MR) is 214 cm³/mol. The number of aliphatic hydroxyl groups is 8. The predicted octanol–water partition coefficient (Wildman–Crippen LogP) is 1.18. The first-order chi connectivity index (χ1) is 28.5. The van der Waals surface area contributed by atoms with E-state index in [1.807, 2.05) is 0 Å². The molecule has 3 saturated carbocycles. The van der Waals surface area contributed by atoms with E-state index in [1.165, 1.54) is 58.1 Å². The van der Waals surface area contributed by atoms with E-state index in [4.69, 9.17) is 28.4 Å². The lowest BCUT2D eigenvalue weighted by Gasteiger charge is -2.58. The minimum Gasteiger partial charge on any atom is -0.394 e. The third-order valence-corrected chi connectivity index (χ3v) is 18.0. The van der Waals surface area contributed by atoms with E-state index >= 15 is 0 Å². The van der Waals surface area contributed by atoms with Crippen molar-refractivity contribution in [1.82, 2.24) is 4.90 Å². The number of hydrogen-bond acceptors (Lipinski definition) is 15. The summed E-state index contributed by atoms with van der Waals surface area (Å²) in [5, 5.41) is 85.9. The van der Waals surface area contributed by atoms with Gasteiger partial charge in [-0.1, -0.05) is 39.3 Å². The van der Waals surface area contributed by atoms with Crippen LogP contribution in [0.15, 0.2) is 11.6 Å². The molecular weight excluding hydrogens is 778 g/mol. The molecular formula is C45H73NO14. The Morgan fingerprint density at radius 1 is 0.683 bits per heavy atom. The fourth-order valence-corrected chi connectivity index (χ4v) is 14.7. The van der Waals surface area contributed by atoms with Gasteiger partial charge < -0.3 is 69.3 Å². The molecule has 0 spiro atoms. The number of allylic oxidation sites excluding steroid dienone is 1. The van der Waals surface area contributed by atoms with Gasteiger partial charge in [-0.15, -0.1) is 0 Å². The molecule has 26 atom stereocenters. The average Bonchev–Trinajstić information content (AvgIpc) is 3.69. The summed E-state index contributed by atoms with van der Waals surface area (Å²) >= 11 is 0. The van der Waals surface area contributed by atoms with Gasteiger partial charge in [-0.25, -0.2) is 0 Å². The van der Waals surface area contributed by atoms with Crippen molar-refractivity contribution in [3.8, 4) is 0 Å². The summed E-state index contributed by atoms with van der Waals surface area (Å²) in [6, 6.07) is 1.45. The fourth-order valence-electron chi connectivity index (χ4n) is 14.7. The highest BCUT2D eigenvalue weighted by Gasteiger charge is 2.66. The van der Waals surface area contributed by atoms with Crippen molar-refractivity contribution in [2.45, 2.75) is 210 Å². The molecule has 5 heterocycles. The van der Waals surface area contributed by atoms with Crippen LogP contribution in [0.1, 0.15) is 99.3 Å². The van der Waals surface area contributed by atoms with Gasteiger partial charge in [0.15, 0.2) is 18.9 Å². The molecule has 7 unspecified atom stereocenters. The van der Waals surface area contributed by atoms with Crippen LogP contribution in [-0.2, 0) is 28.4 Å². The molecule has 342 valence electrons. The van der Waals surface area contributed by atoms with Crippen LogP contribution in [0.4, 0.5) is 0 Å². The zero-order chi connectivity index (χ0) is 42.7. The molecule has 8 fully saturated rings. The van der Waals surface area contributed by atoms with Crippen LogP contribution < -0.4 is 0 Å². The first-order valence-corrected chi connectivity index (χ1v) is 23.2. The standard InChI is InChI=1S/C45H73NO14/c1-19-7-10-28-20(2)31-29(46(28)17-19)16-27-25-9-8-23-15-24(11-13-44(23,5)26(25)12-14-45(27,31)6)57-43-40(60-42-37(53)35(51)33(49)22(4)56-42)38(54)39(30(18-47)58-43)59-41-36(52)34(50)32(48)21(3)55-41/h8,19-22,24-43,47-54H,7,9-18H2,1-6H3/t19-,20?,21+,22-,24-,25?,26?,27?,28?,29?,30-,31?,32+,33-,34-,35+,36-,37+,38+,39-,40-,41+,42-,43-,44-,45-/m0/s1. The molecule has 8 N–H and O–H groups in total. The van der Waals surface area contributed by atoms with Crippen LogP contribution in [0.25, 0.3) is 0 Å². The van der Waals surface area contributed by atoms with Crippen molar-refractivity contribution >= 4 is 0 Å². The van der Waals surface area contributed by atoms with Crippen LogP contribution in [0.2, 0.25) is 0 Å². The van der Waals surface area contributed by atoms with E-state index in [1.54, 1.807) is 0 Å². The number of aliphatic hydroxyl groups excluding tert-OH is 8. The highest BCUT2D eigenvalue weighted by molar-refractivity contribution is 5.27. The van der Waals surface area contributed by atoms with E-state index < -0.39 is 98.7 Å². The lowest BCUT2D eigenvalue weighted by molar-refractivity contribution is -0.388. The van der Waals surface area contributed by atoms with Crippen molar-refractivity contribution in [2.75, 3.05) is 13.2 Å². The summed E-state index contributed by atoms with van der Waals surface area (Å²) in [6.45, 7) is 13.7. The number of nitrogens with zero attached hydrogens (tertiary/aromatic N) is 1. The minimum absolute atomic E-state index is 0.0360. The first-order valence-electron chi connectivity index (χ1n) is 23.2. The van der Waals surface area contributed by atoms with Crippen LogP contribution in [0.3, 0.4) is 0 Å². The molecule has 9 rings (SSSR count). The second-order valence-corrected chi connectivity index (χ2v) is 21.2. The van der Waals surface area contributed by atoms with E-state index in [-0.39, 0.29) is 11.5 Å². The Bertz CT molecular complexity index is 1570. The van der Waals surface area contributed by atoms with Crippen molar-refractivity contribution in [2.24, 2.45) is 46.3 Å². The third kappa shape index (κ3) is 7.11. The number of rotatable bonds is 7. The van der Waals surface area contributed by atoms with Gasteiger partial charge in [0.1, 0.15) is 61.0 Å². The smallest absolute Gasteiger partial charge is 0.187 e. The Morgan fingerprint density at radius 3 is 1.98 bits per heavy atom. The Hall–Kier alpha value is -0.860. The lowest BCUT2D eigenvalue weighted by Crippen LogP contribution is -2.66. The van der Waals surface area contributed by atoms with Crippen LogP contribution >= 0.6 is 0 Å². The van der Waals surface area contributed by atoms with Crippen molar-refractivity contribution < 1.29 is 69.3 Å². The Labute approximate surface area is 354 Å². The zero-order valence-corrected chi connectivity index (χ0v) is 36.2. The quantitative estimate of drug-likeness (QED) is 0.169. The van der Waals surface area contributed by atoms with Gasteiger partial charge in [0, 0.05) is 18.6 Å². The molecule has 4 aliphatic carbocycles. The molecule has 5 saturated heterocycles. The highest BCUT2D eigenvalue weighted by atomic mass is 16.8. The van der Waals surface area contributed by atoms with Crippen LogP contribution in [0.5, 0.6) is 0 Å². The molecule has 0 radical (unpaired) electrons. The summed E-state index contributed by atoms with van der Waals surface area (Å²) in [7, 11) is 0. The van der Waals surface area contributed by atoms with Crippen LogP contribution in [0, 0.1) is 46.3 Å². The van der Waals surface area contributed by atoms with E-state index in [0.29, 0.717) is 35.6 Å². The van der Waals surface area contributed by atoms with Crippen LogP contribution in [-0.4, -0.2) is 169 Å². The number of ether oxygens (including phenoxy) is 6. The van der Waals surface area contributed by atoms with Gasteiger partial charge in [0.05, 0.1) is 24.9 Å². The molecule has 5 aliphatic heterocycles. The summed E-state index contributed by atoms with van der Waals surface area (Å²) in [4.78, 5) is 2.95. The van der Waals surface area contributed by atoms with E-state index in [9.17, 15) is 40.9 Å². The van der Waals surface area contributed by atoms with E-state index in [0.717, 1.165) is 43.1 Å². The molecule has 60 heavy (non-hydrogen) atoms. The lowest BCUT2D eigenvalue weighted by atomic mass is 9.47. The second kappa shape index (κ2) is 16.5. The molecule has 9 aliphatic rings. The largest absolute Gasteiger partial charge is 0.394 e. The van der Waals surface area contributed by atoms with Crippen molar-refractivity contribution in [3.05, 3.63) is 11.6 Å².